The van der Waals surface area contributed by atoms with Gasteiger partial charge in [-0.15, -0.1) is 11.8 Å². The van der Waals surface area contributed by atoms with Crippen molar-refractivity contribution in [3.63, 3.8) is 0 Å². The lowest BCUT2D eigenvalue weighted by Gasteiger charge is -2.24. The monoisotopic (exact) mass is 605 g/mol. The number of nitrogens with one attached hydrogen (secondary N) is 2. The zero-order chi connectivity index (χ0) is 29.0. The lowest BCUT2D eigenvalue weighted by molar-refractivity contribution is -0.128. The zero-order valence-electron chi connectivity index (χ0n) is 22.2. The minimum Gasteiger partial charge on any atom is -0.326 e. The van der Waals surface area contributed by atoms with Crippen LogP contribution in [0.1, 0.15) is 32.4 Å². The first-order valence-electron chi connectivity index (χ1n) is 12.9. The molecule has 4 aromatic carbocycles. The van der Waals surface area contributed by atoms with Crippen LogP contribution in [0.2, 0.25) is 5.02 Å². The summed E-state index contributed by atoms with van der Waals surface area (Å²) in [6.07, 6.45) is 0.778. The van der Waals surface area contributed by atoms with Crippen LogP contribution in [0.15, 0.2) is 102 Å². The van der Waals surface area contributed by atoms with Gasteiger partial charge < -0.3 is 10.2 Å². The van der Waals surface area contributed by atoms with Gasteiger partial charge in [0.1, 0.15) is 5.37 Å². The summed E-state index contributed by atoms with van der Waals surface area (Å²) in [6, 6.07) is 28.2. The number of benzene rings is 4. The summed E-state index contributed by atoms with van der Waals surface area (Å²) in [6.45, 7) is 2.46. The van der Waals surface area contributed by atoms with Crippen LogP contribution in [0, 0.1) is 6.92 Å². The maximum Gasteiger partial charge on any atom is 0.261 e. The Hall–Kier alpha value is -3.79. The third-order valence-corrected chi connectivity index (χ3v) is 9.82. The molecular weight excluding hydrogens is 578 g/mol. The topological polar surface area (TPSA) is 95.6 Å². The molecule has 41 heavy (non-hydrogen) atoms. The Morgan fingerprint density at radius 2 is 1.63 bits per heavy atom. The first-order valence-corrected chi connectivity index (χ1v) is 15.9. The molecule has 0 spiro atoms. The molecule has 0 radical (unpaired) electrons. The molecule has 1 aliphatic heterocycles. The van der Waals surface area contributed by atoms with Crippen LogP contribution in [0.25, 0.3) is 0 Å². The van der Waals surface area contributed by atoms with E-state index in [9.17, 15) is 18.0 Å². The highest BCUT2D eigenvalue weighted by atomic mass is 35.5. The van der Waals surface area contributed by atoms with Crippen molar-refractivity contribution in [3.05, 3.63) is 124 Å². The molecular formula is C31H28ClN3O4S2. The van der Waals surface area contributed by atoms with Gasteiger partial charge in [0.05, 0.1) is 16.3 Å². The fraction of sp³-hybridized carbons (Fsp3) is 0.161. The van der Waals surface area contributed by atoms with Gasteiger partial charge in [-0.05, 0) is 78.6 Å². The second-order valence-corrected chi connectivity index (χ2v) is 12.8. The number of amides is 2. The van der Waals surface area contributed by atoms with Crippen LogP contribution >= 0.6 is 23.4 Å². The fourth-order valence-electron chi connectivity index (χ4n) is 4.46. The Labute approximate surface area is 249 Å². The first-order chi connectivity index (χ1) is 19.7. The molecule has 0 aromatic heterocycles. The lowest BCUT2D eigenvalue weighted by atomic mass is 10.1. The summed E-state index contributed by atoms with van der Waals surface area (Å²) < 4.78 is 28.1. The number of hydrogen-bond acceptors (Lipinski definition) is 5. The number of thioether (sulfide) groups is 1. The molecule has 1 saturated heterocycles. The van der Waals surface area contributed by atoms with Gasteiger partial charge in [0.15, 0.2) is 0 Å². The van der Waals surface area contributed by atoms with Gasteiger partial charge in [-0.1, -0.05) is 60.1 Å². The van der Waals surface area contributed by atoms with Gasteiger partial charge in [-0.25, -0.2) is 8.42 Å². The number of halogens is 1. The number of hydrogen-bond donors (Lipinski definition) is 2. The highest BCUT2D eigenvalue weighted by molar-refractivity contribution is 8.00. The van der Waals surface area contributed by atoms with Crippen molar-refractivity contribution >= 4 is 56.6 Å². The lowest BCUT2D eigenvalue weighted by Crippen LogP contribution is -2.30. The third kappa shape index (κ3) is 6.93. The molecule has 5 rings (SSSR count). The number of aryl methyl sites for hydroxylation is 1. The molecule has 2 N–H and O–H groups in total. The summed E-state index contributed by atoms with van der Waals surface area (Å²) in [5.74, 6) is 0.221. The van der Waals surface area contributed by atoms with Crippen molar-refractivity contribution < 1.29 is 18.0 Å². The quantitative estimate of drug-likeness (QED) is 0.226. The van der Waals surface area contributed by atoms with Gasteiger partial charge in [0.2, 0.25) is 5.91 Å². The molecule has 1 atom stereocenters. The highest BCUT2D eigenvalue weighted by Gasteiger charge is 2.32. The summed E-state index contributed by atoms with van der Waals surface area (Å²) in [5.41, 5.74) is 4.26. The summed E-state index contributed by atoms with van der Waals surface area (Å²) in [7, 11) is -3.83. The van der Waals surface area contributed by atoms with E-state index in [-0.39, 0.29) is 22.1 Å². The van der Waals surface area contributed by atoms with Gasteiger partial charge >= 0.3 is 0 Å². The standard InChI is InChI=1S/C31H28ClN3O4S2/c1-21-7-12-26(19-28(21)32)34-41(38,39)27-15-13-25(14-16-27)33-30(37)23-8-10-24(11-9-23)31-35(29(36)20-40-31)18-17-22-5-3-2-4-6-22/h2-16,19,31,34H,17-18,20H2,1H3,(H,33,37)/t31-/m1/s1. The minimum absolute atomic E-state index is 0.0528. The van der Waals surface area contributed by atoms with Crippen molar-refractivity contribution in [1.82, 2.24) is 4.90 Å². The first kappa shape index (κ1) is 28.7. The molecule has 1 aliphatic rings. The smallest absolute Gasteiger partial charge is 0.261 e. The maximum atomic E-state index is 12.9. The maximum absolute atomic E-state index is 12.9. The predicted octanol–water partition coefficient (Wildman–Crippen LogP) is 6.52. The van der Waals surface area contributed by atoms with Gasteiger partial charge in [-0.3, -0.25) is 14.3 Å². The van der Waals surface area contributed by atoms with Crippen LogP contribution in [-0.4, -0.2) is 37.4 Å². The number of nitrogens with zero attached hydrogens (tertiary/aromatic N) is 1. The fourth-order valence-corrected chi connectivity index (χ4v) is 6.91. The van der Waals surface area contributed by atoms with Crippen LogP contribution in [0.5, 0.6) is 0 Å². The highest BCUT2D eigenvalue weighted by Crippen LogP contribution is 2.38. The van der Waals surface area contributed by atoms with Crippen molar-refractivity contribution in [2.24, 2.45) is 0 Å². The van der Waals surface area contributed by atoms with E-state index >= 15 is 0 Å². The van der Waals surface area contributed by atoms with E-state index in [1.54, 1.807) is 42.1 Å². The predicted molar refractivity (Wildman–Crippen MR) is 165 cm³/mol. The zero-order valence-corrected chi connectivity index (χ0v) is 24.6. The summed E-state index contributed by atoms with van der Waals surface area (Å²) >= 11 is 7.69. The van der Waals surface area contributed by atoms with E-state index in [4.69, 9.17) is 11.6 Å². The molecule has 4 aromatic rings. The number of anilines is 2. The Morgan fingerprint density at radius 3 is 2.32 bits per heavy atom. The molecule has 0 bridgehead atoms. The number of rotatable bonds is 9. The van der Waals surface area contributed by atoms with Gasteiger partial charge in [-0.2, -0.15) is 0 Å². The van der Waals surface area contributed by atoms with Crippen LogP contribution in [-0.2, 0) is 21.2 Å². The molecule has 10 heteroatoms. The molecule has 1 heterocycles. The van der Waals surface area contributed by atoms with E-state index in [1.807, 2.05) is 42.2 Å². The third-order valence-electron chi connectivity index (χ3n) is 6.76. The Balaban J connectivity index is 1.20. The normalized spacial score (nSPS) is 15.1. The van der Waals surface area contributed by atoms with E-state index < -0.39 is 10.0 Å². The number of carbonyl (C=O) groups excluding carboxylic acids is 2. The Bertz CT molecular complexity index is 1660. The Kier molecular flexibility index (Phi) is 8.68. The number of sulfonamides is 1. The van der Waals surface area contributed by atoms with E-state index in [0.717, 1.165) is 17.5 Å². The van der Waals surface area contributed by atoms with Gasteiger partial charge in [0.25, 0.3) is 15.9 Å². The molecule has 0 unspecified atom stereocenters. The summed E-state index contributed by atoms with van der Waals surface area (Å²) in [4.78, 5) is 27.4. The van der Waals surface area contributed by atoms with E-state index in [0.29, 0.717) is 34.3 Å². The van der Waals surface area contributed by atoms with Crippen molar-refractivity contribution in [3.8, 4) is 0 Å². The van der Waals surface area contributed by atoms with Crippen LogP contribution in [0.4, 0.5) is 11.4 Å². The van der Waals surface area contributed by atoms with E-state index in [1.165, 1.54) is 29.8 Å². The second kappa shape index (κ2) is 12.4. The minimum atomic E-state index is -3.83. The molecule has 0 aliphatic carbocycles. The number of carbonyl (C=O) groups is 2. The molecule has 2 amide bonds. The Morgan fingerprint density at radius 1 is 0.951 bits per heavy atom. The van der Waals surface area contributed by atoms with Crippen LogP contribution in [0.3, 0.4) is 0 Å². The molecule has 7 nitrogen and oxygen atoms in total. The SMILES string of the molecule is Cc1ccc(NS(=O)(=O)c2ccc(NC(=O)c3ccc([C@H]4SCC(=O)N4CCc4ccccc4)cc3)cc2)cc1Cl. The van der Waals surface area contributed by atoms with E-state index in [2.05, 4.69) is 22.2 Å². The van der Waals surface area contributed by atoms with Gasteiger partial charge in [0, 0.05) is 22.8 Å². The molecule has 1 fully saturated rings. The molecule has 0 saturated carbocycles. The average molecular weight is 606 g/mol. The second-order valence-electron chi connectivity index (χ2n) is 9.66. The summed E-state index contributed by atoms with van der Waals surface area (Å²) in [5, 5.41) is 3.17. The average Bonchev–Trinajstić information content (AvgIpc) is 3.34. The van der Waals surface area contributed by atoms with Crippen molar-refractivity contribution in [1.29, 1.82) is 0 Å². The largest absolute Gasteiger partial charge is 0.326 e. The van der Waals surface area contributed by atoms with Crippen molar-refractivity contribution in [2.45, 2.75) is 23.6 Å². The van der Waals surface area contributed by atoms with Crippen LogP contribution < -0.4 is 10.0 Å². The molecule has 210 valence electrons. The van der Waals surface area contributed by atoms with Crippen molar-refractivity contribution in [2.75, 3.05) is 22.3 Å².